The van der Waals surface area contributed by atoms with Crippen molar-refractivity contribution in [1.29, 1.82) is 0 Å². The molecule has 2 heterocycles. The van der Waals surface area contributed by atoms with Gasteiger partial charge in [0, 0.05) is 26.4 Å². The van der Waals surface area contributed by atoms with E-state index in [2.05, 4.69) is 10.2 Å². The molecule has 0 aliphatic carbocycles. The van der Waals surface area contributed by atoms with E-state index in [0.717, 1.165) is 5.56 Å². The highest BCUT2D eigenvalue weighted by atomic mass is 32.2. The molecule has 0 radical (unpaired) electrons. The lowest BCUT2D eigenvalue weighted by molar-refractivity contribution is -0.131. The number of amides is 1. The standard InChI is InChI=1S/C17H21N3O4S/c1-12-18-19-17(24-12)15(13-6-4-3-5-7-13)10-16(21)20(2)14-8-9-25(22,23)11-14/h3-7,14-15H,8-11H2,1-2H3. The van der Waals surface area contributed by atoms with Crippen LogP contribution in [0.2, 0.25) is 0 Å². The Hall–Kier alpha value is -2.22. The van der Waals surface area contributed by atoms with Gasteiger partial charge in [-0.15, -0.1) is 10.2 Å². The largest absolute Gasteiger partial charge is 0.425 e. The smallest absolute Gasteiger partial charge is 0.224 e. The Morgan fingerprint density at radius 2 is 2.04 bits per heavy atom. The molecule has 134 valence electrons. The average Bonchev–Trinajstić information content (AvgIpc) is 3.17. The van der Waals surface area contributed by atoms with E-state index in [4.69, 9.17) is 4.42 Å². The summed E-state index contributed by atoms with van der Waals surface area (Å²) in [6.45, 7) is 1.70. The number of benzene rings is 1. The maximum absolute atomic E-state index is 12.7. The van der Waals surface area contributed by atoms with Crippen molar-refractivity contribution in [3.8, 4) is 0 Å². The summed E-state index contributed by atoms with van der Waals surface area (Å²) in [6.07, 6.45) is 0.638. The van der Waals surface area contributed by atoms with Gasteiger partial charge < -0.3 is 9.32 Å². The second-order valence-electron chi connectivity index (χ2n) is 6.39. The summed E-state index contributed by atoms with van der Waals surface area (Å²) >= 11 is 0. The van der Waals surface area contributed by atoms with E-state index in [1.165, 1.54) is 0 Å². The Balaban J connectivity index is 1.79. The van der Waals surface area contributed by atoms with Gasteiger partial charge in [0.1, 0.15) is 0 Å². The minimum atomic E-state index is -3.04. The van der Waals surface area contributed by atoms with Crippen LogP contribution in [0.15, 0.2) is 34.7 Å². The summed E-state index contributed by atoms with van der Waals surface area (Å²) in [5.74, 6) is 0.524. The number of hydrogen-bond acceptors (Lipinski definition) is 6. The van der Waals surface area contributed by atoms with Gasteiger partial charge in [0.15, 0.2) is 9.84 Å². The van der Waals surface area contributed by atoms with E-state index in [1.54, 1.807) is 18.9 Å². The van der Waals surface area contributed by atoms with Crippen LogP contribution in [0.3, 0.4) is 0 Å². The molecule has 2 aromatic rings. The monoisotopic (exact) mass is 363 g/mol. The van der Waals surface area contributed by atoms with E-state index in [0.29, 0.717) is 18.2 Å². The number of carbonyl (C=O) groups is 1. The molecule has 1 aromatic heterocycles. The van der Waals surface area contributed by atoms with Crippen molar-refractivity contribution in [2.45, 2.75) is 31.7 Å². The van der Waals surface area contributed by atoms with Gasteiger partial charge in [-0.05, 0) is 12.0 Å². The van der Waals surface area contributed by atoms with Gasteiger partial charge in [-0.25, -0.2) is 8.42 Å². The molecule has 8 heteroatoms. The van der Waals surface area contributed by atoms with Crippen LogP contribution in [-0.2, 0) is 14.6 Å². The van der Waals surface area contributed by atoms with E-state index in [1.807, 2.05) is 30.3 Å². The normalized spacial score (nSPS) is 20.3. The van der Waals surface area contributed by atoms with Crippen LogP contribution in [0.5, 0.6) is 0 Å². The Kier molecular flexibility index (Phi) is 4.89. The first kappa shape index (κ1) is 17.6. The number of rotatable bonds is 5. The lowest BCUT2D eigenvalue weighted by atomic mass is 9.94. The molecule has 1 aromatic carbocycles. The molecule has 7 nitrogen and oxygen atoms in total. The number of nitrogens with zero attached hydrogens (tertiary/aromatic N) is 3. The fourth-order valence-corrected chi connectivity index (χ4v) is 4.86. The number of aromatic nitrogens is 2. The summed E-state index contributed by atoms with van der Waals surface area (Å²) in [5.41, 5.74) is 0.909. The van der Waals surface area contributed by atoms with E-state index in [9.17, 15) is 13.2 Å². The zero-order valence-electron chi connectivity index (χ0n) is 14.3. The quantitative estimate of drug-likeness (QED) is 0.800. The molecule has 1 aliphatic heterocycles. The molecule has 1 aliphatic rings. The predicted octanol–water partition coefficient (Wildman–Crippen LogP) is 1.55. The molecule has 0 N–H and O–H groups in total. The average molecular weight is 363 g/mol. The summed E-state index contributed by atoms with van der Waals surface area (Å²) in [7, 11) is -1.38. The highest BCUT2D eigenvalue weighted by molar-refractivity contribution is 7.91. The van der Waals surface area contributed by atoms with Crippen LogP contribution in [-0.4, -0.2) is 54.0 Å². The molecular weight excluding hydrogens is 342 g/mol. The number of hydrogen-bond donors (Lipinski definition) is 0. The summed E-state index contributed by atoms with van der Waals surface area (Å²) < 4.78 is 28.9. The van der Waals surface area contributed by atoms with Gasteiger partial charge in [-0.2, -0.15) is 0 Å². The van der Waals surface area contributed by atoms with Gasteiger partial charge in [0.2, 0.25) is 17.7 Å². The fourth-order valence-electron chi connectivity index (χ4n) is 3.09. The van der Waals surface area contributed by atoms with Crippen LogP contribution in [0.4, 0.5) is 0 Å². The third-order valence-corrected chi connectivity index (χ3v) is 6.32. The third-order valence-electron chi connectivity index (χ3n) is 4.57. The van der Waals surface area contributed by atoms with Crippen LogP contribution in [0.25, 0.3) is 0 Å². The highest BCUT2D eigenvalue weighted by Crippen LogP contribution is 2.28. The molecule has 1 fully saturated rings. The van der Waals surface area contributed by atoms with Crippen molar-refractivity contribution in [3.05, 3.63) is 47.7 Å². The fraction of sp³-hybridized carbons (Fsp3) is 0.471. The van der Waals surface area contributed by atoms with Crippen molar-refractivity contribution in [2.24, 2.45) is 0 Å². The summed E-state index contributed by atoms with van der Waals surface area (Å²) in [5, 5.41) is 7.93. The van der Waals surface area contributed by atoms with Gasteiger partial charge in [-0.3, -0.25) is 4.79 Å². The zero-order valence-corrected chi connectivity index (χ0v) is 15.1. The maximum Gasteiger partial charge on any atom is 0.224 e. The van der Waals surface area contributed by atoms with E-state index >= 15 is 0 Å². The lowest BCUT2D eigenvalue weighted by Crippen LogP contribution is -2.38. The van der Waals surface area contributed by atoms with Gasteiger partial charge in [0.05, 0.1) is 17.4 Å². The van der Waals surface area contributed by atoms with Gasteiger partial charge in [0.25, 0.3) is 0 Å². The molecule has 2 unspecified atom stereocenters. The SMILES string of the molecule is Cc1nnc(C(CC(=O)N(C)C2CCS(=O)(=O)C2)c2ccccc2)o1. The lowest BCUT2D eigenvalue weighted by Gasteiger charge is -2.25. The van der Waals surface area contributed by atoms with Crippen molar-refractivity contribution >= 4 is 15.7 Å². The summed E-state index contributed by atoms with van der Waals surface area (Å²) in [6, 6.07) is 9.25. The number of carbonyl (C=O) groups excluding carboxylic acids is 1. The molecular formula is C17H21N3O4S. The number of sulfone groups is 1. The highest BCUT2D eigenvalue weighted by Gasteiger charge is 2.34. The molecule has 0 saturated carbocycles. The van der Waals surface area contributed by atoms with Crippen LogP contribution in [0, 0.1) is 6.92 Å². The molecule has 25 heavy (non-hydrogen) atoms. The van der Waals surface area contributed by atoms with Crippen molar-refractivity contribution in [3.63, 3.8) is 0 Å². The molecule has 0 spiro atoms. The Labute approximate surface area is 147 Å². The first-order valence-electron chi connectivity index (χ1n) is 8.17. The van der Waals surface area contributed by atoms with Crippen LogP contribution < -0.4 is 0 Å². The Bertz CT molecular complexity index is 848. The van der Waals surface area contributed by atoms with E-state index < -0.39 is 9.84 Å². The minimum Gasteiger partial charge on any atom is -0.425 e. The van der Waals surface area contributed by atoms with Crippen molar-refractivity contribution < 1.29 is 17.6 Å². The summed E-state index contributed by atoms with van der Waals surface area (Å²) in [4.78, 5) is 14.3. The molecule has 1 amide bonds. The zero-order chi connectivity index (χ0) is 18.0. The molecule has 2 atom stereocenters. The first-order valence-corrected chi connectivity index (χ1v) is 9.99. The predicted molar refractivity (Wildman–Crippen MR) is 91.8 cm³/mol. The van der Waals surface area contributed by atoms with Crippen LogP contribution >= 0.6 is 0 Å². The molecule has 3 rings (SSSR count). The van der Waals surface area contributed by atoms with Gasteiger partial charge in [-0.1, -0.05) is 30.3 Å². The Morgan fingerprint density at radius 3 is 2.60 bits per heavy atom. The molecule has 0 bridgehead atoms. The second kappa shape index (κ2) is 6.95. The van der Waals surface area contributed by atoms with Gasteiger partial charge >= 0.3 is 0 Å². The van der Waals surface area contributed by atoms with Crippen LogP contribution in [0.1, 0.15) is 36.1 Å². The maximum atomic E-state index is 12.7. The number of aryl methyl sites for hydroxylation is 1. The first-order chi connectivity index (χ1) is 11.9. The van der Waals surface area contributed by atoms with Crippen molar-refractivity contribution in [1.82, 2.24) is 15.1 Å². The minimum absolute atomic E-state index is 0.0326. The Morgan fingerprint density at radius 1 is 1.32 bits per heavy atom. The topological polar surface area (TPSA) is 93.4 Å². The third kappa shape index (κ3) is 4.07. The molecule has 1 saturated heterocycles. The second-order valence-corrected chi connectivity index (χ2v) is 8.62. The van der Waals surface area contributed by atoms with E-state index in [-0.39, 0.29) is 35.8 Å². The van der Waals surface area contributed by atoms with Crippen molar-refractivity contribution in [2.75, 3.05) is 18.6 Å².